The van der Waals surface area contributed by atoms with Gasteiger partial charge in [0.05, 0.1) is 25.0 Å². The Morgan fingerprint density at radius 1 is 1.19 bits per heavy atom. The van der Waals surface area contributed by atoms with Crippen molar-refractivity contribution in [2.45, 2.75) is 50.1 Å². The zero-order chi connectivity index (χ0) is 22.7. The number of amides is 2. The number of hydrogen-bond acceptors (Lipinski definition) is 7. The van der Waals surface area contributed by atoms with E-state index in [1.54, 1.807) is 0 Å². The van der Waals surface area contributed by atoms with Crippen LogP contribution in [0.3, 0.4) is 0 Å². The monoisotopic (exact) mass is 458 g/mol. The van der Waals surface area contributed by atoms with Gasteiger partial charge in [-0.05, 0) is 44.7 Å². The molecule has 0 bridgehead atoms. The summed E-state index contributed by atoms with van der Waals surface area (Å²) in [5.41, 5.74) is 2.77. The van der Waals surface area contributed by atoms with Crippen molar-refractivity contribution in [1.29, 1.82) is 0 Å². The molecule has 32 heavy (non-hydrogen) atoms. The van der Waals surface area contributed by atoms with Crippen molar-refractivity contribution in [3.8, 4) is 0 Å². The van der Waals surface area contributed by atoms with E-state index in [0.717, 1.165) is 53.9 Å². The van der Waals surface area contributed by atoms with Crippen LogP contribution < -0.4 is 15.5 Å². The molecule has 10 heteroatoms. The number of para-hydroxylation sites is 1. The highest BCUT2D eigenvalue weighted by molar-refractivity contribution is 8.00. The average Bonchev–Trinajstić information content (AvgIpc) is 3.55. The molecule has 9 nitrogen and oxygen atoms in total. The van der Waals surface area contributed by atoms with Crippen molar-refractivity contribution in [2.75, 3.05) is 43.1 Å². The number of rotatable bonds is 8. The second-order valence-electron chi connectivity index (χ2n) is 8.28. The van der Waals surface area contributed by atoms with Crippen LogP contribution in [0.25, 0.3) is 0 Å². The summed E-state index contributed by atoms with van der Waals surface area (Å²) in [5.74, 6) is 0.410. The summed E-state index contributed by atoms with van der Waals surface area (Å²) in [4.78, 5) is 27.2. The highest BCUT2D eigenvalue weighted by Crippen LogP contribution is 2.41. The van der Waals surface area contributed by atoms with Crippen LogP contribution in [0.5, 0.6) is 0 Å². The van der Waals surface area contributed by atoms with Gasteiger partial charge >= 0.3 is 0 Å². The van der Waals surface area contributed by atoms with Crippen molar-refractivity contribution >= 4 is 35.2 Å². The van der Waals surface area contributed by atoms with E-state index in [1.807, 2.05) is 39.0 Å². The Bertz CT molecular complexity index is 964. The lowest BCUT2D eigenvalue weighted by molar-refractivity contribution is -0.123. The van der Waals surface area contributed by atoms with Gasteiger partial charge in [-0.15, -0.1) is 10.2 Å². The van der Waals surface area contributed by atoms with E-state index in [4.69, 9.17) is 4.74 Å². The van der Waals surface area contributed by atoms with Crippen molar-refractivity contribution < 1.29 is 14.3 Å². The quantitative estimate of drug-likeness (QED) is 0.585. The summed E-state index contributed by atoms with van der Waals surface area (Å²) in [6.07, 6.45) is 2.20. The summed E-state index contributed by atoms with van der Waals surface area (Å²) in [6, 6.07) is 6.23. The fourth-order valence-electron chi connectivity index (χ4n) is 3.70. The summed E-state index contributed by atoms with van der Waals surface area (Å²) in [5, 5.41) is 14.8. The largest absolute Gasteiger partial charge is 0.378 e. The number of carbonyl (C=O) groups is 2. The number of benzene rings is 1. The second-order valence-corrected chi connectivity index (χ2v) is 9.58. The summed E-state index contributed by atoms with van der Waals surface area (Å²) in [6.45, 7) is 8.59. The number of anilines is 2. The van der Waals surface area contributed by atoms with E-state index in [0.29, 0.717) is 19.3 Å². The molecule has 2 heterocycles. The Kier molecular flexibility index (Phi) is 7.00. The molecule has 2 N–H and O–H groups in total. The Morgan fingerprint density at radius 3 is 2.53 bits per heavy atom. The minimum Gasteiger partial charge on any atom is -0.378 e. The normalized spacial score (nSPS) is 17.2. The minimum absolute atomic E-state index is 0.0775. The molecule has 2 fully saturated rings. The molecular formula is C22H30N6O3S. The molecule has 2 aliphatic rings. The Labute approximate surface area is 192 Å². The number of aryl methyl sites for hydroxylation is 2. The van der Waals surface area contributed by atoms with Gasteiger partial charge in [0.25, 0.3) is 0 Å². The Morgan fingerprint density at radius 2 is 1.88 bits per heavy atom. The number of morpholine rings is 1. The SMILES string of the molecule is Cc1cccc(C)c1NC(=O)CNC(=O)C(C)Sc1nnc(N2CCOCC2)n1C1CC1. The molecule has 1 aromatic heterocycles. The van der Waals surface area contributed by atoms with Crippen molar-refractivity contribution in [2.24, 2.45) is 0 Å². The van der Waals surface area contributed by atoms with Gasteiger partial charge in [-0.1, -0.05) is 30.0 Å². The lowest BCUT2D eigenvalue weighted by Gasteiger charge is -2.28. The molecule has 1 aliphatic heterocycles. The first-order valence-corrected chi connectivity index (χ1v) is 11.9. The van der Waals surface area contributed by atoms with E-state index < -0.39 is 5.25 Å². The standard InChI is InChI=1S/C22H30N6O3S/c1-14-5-4-6-15(2)19(14)24-18(29)13-23-20(30)16(3)32-22-26-25-21(28(22)17-7-8-17)27-9-11-31-12-10-27/h4-6,16-17H,7-13H2,1-3H3,(H,23,30)(H,24,29). The van der Waals surface area contributed by atoms with Crippen LogP contribution in [0.2, 0.25) is 0 Å². The first kappa shape index (κ1) is 22.6. The van der Waals surface area contributed by atoms with Crippen LogP contribution in [0, 0.1) is 13.8 Å². The molecule has 4 rings (SSSR count). The number of ether oxygens (including phenoxy) is 1. The molecule has 2 aromatic rings. The number of aromatic nitrogens is 3. The topological polar surface area (TPSA) is 101 Å². The van der Waals surface area contributed by atoms with Gasteiger partial charge in [-0.2, -0.15) is 0 Å². The third-order valence-corrected chi connectivity index (χ3v) is 6.73. The van der Waals surface area contributed by atoms with Gasteiger partial charge in [-0.3, -0.25) is 14.2 Å². The van der Waals surface area contributed by atoms with E-state index in [-0.39, 0.29) is 18.4 Å². The molecule has 1 aliphatic carbocycles. The third kappa shape index (κ3) is 5.24. The molecule has 1 aromatic carbocycles. The van der Waals surface area contributed by atoms with E-state index in [9.17, 15) is 9.59 Å². The van der Waals surface area contributed by atoms with Gasteiger partial charge in [0.2, 0.25) is 17.8 Å². The first-order valence-electron chi connectivity index (χ1n) is 11.0. The third-order valence-electron chi connectivity index (χ3n) is 5.67. The average molecular weight is 459 g/mol. The lowest BCUT2D eigenvalue weighted by atomic mass is 10.1. The molecule has 1 saturated heterocycles. The number of hydrogen-bond donors (Lipinski definition) is 2. The lowest BCUT2D eigenvalue weighted by Crippen LogP contribution is -2.38. The predicted octanol–water partition coefficient (Wildman–Crippen LogP) is 2.30. The summed E-state index contributed by atoms with van der Waals surface area (Å²) >= 11 is 1.38. The van der Waals surface area contributed by atoms with Crippen LogP contribution in [-0.4, -0.2) is 64.7 Å². The molecule has 2 amide bonds. The molecule has 1 saturated carbocycles. The predicted molar refractivity (Wildman–Crippen MR) is 124 cm³/mol. The maximum absolute atomic E-state index is 12.6. The molecule has 0 spiro atoms. The fraction of sp³-hybridized carbons (Fsp3) is 0.545. The van der Waals surface area contributed by atoms with Gasteiger partial charge in [-0.25, -0.2) is 0 Å². The van der Waals surface area contributed by atoms with Crippen LogP contribution in [0.15, 0.2) is 23.4 Å². The van der Waals surface area contributed by atoms with Gasteiger partial charge in [0.1, 0.15) is 0 Å². The van der Waals surface area contributed by atoms with E-state index in [2.05, 4.69) is 30.3 Å². The number of nitrogens with one attached hydrogen (secondary N) is 2. The number of carbonyl (C=O) groups excluding carboxylic acids is 2. The fourth-order valence-corrected chi connectivity index (χ4v) is 4.64. The first-order chi connectivity index (χ1) is 15.4. The Balaban J connectivity index is 1.34. The van der Waals surface area contributed by atoms with E-state index in [1.165, 1.54) is 11.8 Å². The highest BCUT2D eigenvalue weighted by Gasteiger charge is 2.33. The smallest absolute Gasteiger partial charge is 0.243 e. The highest BCUT2D eigenvalue weighted by atomic mass is 32.2. The maximum Gasteiger partial charge on any atom is 0.243 e. The van der Waals surface area contributed by atoms with E-state index >= 15 is 0 Å². The number of nitrogens with zero attached hydrogens (tertiary/aromatic N) is 4. The maximum atomic E-state index is 12.6. The molecule has 0 radical (unpaired) electrons. The number of thioether (sulfide) groups is 1. The van der Waals surface area contributed by atoms with Gasteiger partial charge < -0.3 is 20.3 Å². The molecule has 1 atom stereocenters. The van der Waals surface area contributed by atoms with Gasteiger partial charge in [0.15, 0.2) is 5.16 Å². The molecule has 1 unspecified atom stereocenters. The summed E-state index contributed by atoms with van der Waals surface area (Å²) < 4.78 is 7.61. The zero-order valence-electron chi connectivity index (χ0n) is 18.8. The van der Waals surface area contributed by atoms with Crippen molar-refractivity contribution in [3.05, 3.63) is 29.3 Å². The zero-order valence-corrected chi connectivity index (χ0v) is 19.6. The van der Waals surface area contributed by atoms with Crippen LogP contribution in [0.4, 0.5) is 11.6 Å². The second kappa shape index (κ2) is 9.91. The Hall–Kier alpha value is -2.59. The van der Waals surface area contributed by atoms with Crippen molar-refractivity contribution in [3.63, 3.8) is 0 Å². The molecular weight excluding hydrogens is 428 g/mol. The molecule has 172 valence electrons. The minimum atomic E-state index is -0.401. The van der Waals surface area contributed by atoms with Gasteiger partial charge in [0, 0.05) is 24.8 Å². The van der Waals surface area contributed by atoms with Crippen LogP contribution >= 0.6 is 11.8 Å². The summed E-state index contributed by atoms with van der Waals surface area (Å²) in [7, 11) is 0. The van der Waals surface area contributed by atoms with Crippen LogP contribution in [0.1, 0.15) is 36.9 Å². The van der Waals surface area contributed by atoms with Crippen LogP contribution in [-0.2, 0) is 14.3 Å². The van der Waals surface area contributed by atoms with Crippen molar-refractivity contribution in [1.82, 2.24) is 20.1 Å².